The maximum Gasteiger partial charge on any atom is 0.361 e. The molecule has 93 heavy (non-hydrogen) atoms. The van der Waals surface area contributed by atoms with Gasteiger partial charge in [-0.3, -0.25) is 9.59 Å². The molecule has 0 fully saturated rings. The van der Waals surface area contributed by atoms with Gasteiger partial charge in [-0.25, -0.2) is 4.79 Å². The Morgan fingerprint density at radius 3 is 0.796 bits per heavy atom. The Labute approximate surface area is 580 Å². The number of ether oxygens (including phenoxy) is 4. The lowest BCUT2D eigenvalue weighted by Crippen LogP contribution is -2.40. The molecule has 0 aliphatic heterocycles. The third-order valence-electron chi connectivity index (χ3n) is 19.5. The van der Waals surface area contributed by atoms with Crippen LogP contribution in [0.4, 0.5) is 0 Å². The van der Waals surface area contributed by atoms with Gasteiger partial charge < -0.3 is 28.5 Å². The molecule has 2 unspecified atom stereocenters. The number of aliphatic carboxylic acids is 1. The third kappa shape index (κ3) is 77.3. The molecule has 552 valence electrons. The molecule has 0 rings (SSSR count). The van der Waals surface area contributed by atoms with Crippen LogP contribution in [0.5, 0.6) is 0 Å². The number of carboxylic acids is 1. The summed E-state index contributed by atoms with van der Waals surface area (Å²) in [4.78, 5) is 37.7. The van der Waals surface area contributed by atoms with Gasteiger partial charge in [0.2, 0.25) is 0 Å². The number of quaternary nitrogens is 1. The average molecular weight is 1320 g/mol. The van der Waals surface area contributed by atoms with Crippen LogP contribution in [0.1, 0.15) is 450 Å². The number of allylic oxidation sites excluding steroid dienone is 2. The molecule has 0 aliphatic carbocycles. The fraction of sp³-hybridized carbons (Fsp3) is 0.940. The fourth-order valence-electron chi connectivity index (χ4n) is 13.1. The molecule has 0 bridgehead atoms. The highest BCUT2D eigenvalue weighted by atomic mass is 16.7. The van der Waals surface area contributed by atoms with Crippen molar-refractivity contribution in [3.05, 3.63) is 12.2 Å². The fourth-order valence-corrected chi connectivity index (χ4v) is 13.1. The topological polar surface area (TPSA) is 108 Å². The van der Waals surface area contributed by atoms with Crippen LogP contribution in [0.25, 0.3) is 0 Å². The van der Waals surface area contributed by atoms with Crippen molar-refractivity contribution >= 4 is 17.9 Å². The summed E-state index contributed by atoms with van der Waals surface area (Å²) in [6.45, 7) is 4.97. The number of hydrogen-bond acceptors (Lipinski definition) is 7. The first-order valence-corrected chi connectivity index (χ1v) is 41.9. The SMILES string of the molecule is CCCCCCCCCC/C=C\CCCCCCCCCCCCCCCCCC(=O)OC(COC(=O)CCCCCCCCCCCCCCCCCCCCCCCCCCCCCCCCCCCCCCCCCCC)COC(OCC[N+](C)(C)C)C(=O)O. The normalized spacial score (nSPS) is 12.6. The number of carbonyl (C=O) groups is 3. The summed E-state index contributed by atoms with van der Waals surface area (Å²) < 4.78 is 23.1. The van der Waals surface area contributed by atoms with Gasteiger partial charge in [-0.2, -0.15) is 0 Å². The standard InChI is InChI=1S/C84H163NO8/c1-6-8-10-12-14-16-18-20-22-24-26-28-30-32-34-35-36-37-38-39-40-41-42-43-44-45-46-47-49-50-52-54-56-58-60-62-64-66-68-70-72-74-81(86)91-78-80(79-92-84(83(88)89)90-77-76-85(3,4)5)93-82(87)75-73-71-69-67-65-63-61-59-57-55-53-51-48-33-31-29-27-25-23-21-19-17-15-13-11-9-7-2/h25,27,80,84H,6-24,26,28-79H2,1-5H3/p+1/b27-25-. The molecule has 9 nitrogen and oxygen atoms in total. The van der Waals surface area contributed by atoms with E-state index in [0.717, 1.165) is 38.5 Å². The van der Waals surface area contributed by atoms with E-state index in [-0.39, 0.29) is 38.2 Å². The summed E-state index contributed by atoms with van der Waals surface area (Å²) in [5.41, 5.74) is 0. The second kappa shape index (κ2) is 75.8. The zero-order valence-corrected chi connectivity index (χ0v) is 63.5. The summed E-state index contributed by atoms with van der Waals surface area (Å²) in [6.07, 6.45) is 92.6. The molecule has 0 aromatic carbocycles. The van der Waals surface area contributed by atoms with Crippen molar-refractivity contribution < 1.29 is 42.9 Å². The van der Waals surface area contributed by atoms with Gasteiger partial charge in [-0.05, 0) is 38.5 Å². The minimum Gasteiger partial charge on any atom is -0.477 e. The van der Waals surface area contributed by atoms with Crippen molar-refractivity contribution in [2.75, 3.05) is 47.5 Å². The van der Waals surface area contributed by atoms with E-state index in [1.807, 2.05) is 21.1 Å². The Hall–Kier alpha value is -1.97. The van der Waals surface area contributed by atoms with Crippen LogP contribution in [-0.4, -0.2) is 87.4 Å². The van der Waals surface area contributed by atoms with Gasteiger partial charge in [-0.15, -0.1) is 0 Å². The molecule has 0 aromatic rings. The van der Waals surface area contributed by atoms with Crippen molar-refractivity contribution in [3.8, 4) is 0 Å². The molecule has 1 N–H and O–H groups in total. The number of esters is 2. The van der Waals surface area contributed by atoms with E-state index in [2.05, 4.69) is 26.0 Å². The number of hydrogen-bond donors (Lipinski definition) is 1. The van der Waals surface area contributed by atoms with Crippen LogP contribution in [0, 0.1) is 0 Å². The van der Waals surface area contributed by atoms with E-state index in [4.69, 9.17) is 18.9 Å². The average Bonchev–Trinajstić information content (AvgIpc) is 3.38. The van der Waals surface area contributed by atoms with Crippen LogP contribution < -0.4 is 0 Å². The molecule has 0 saturated carbocycles. The zero-order valence-electron chi connectivity index (χ0n) is 63.5. The summed E-state index contributed by atoms with van der Waals surface area (Å²) in [6, 6.07) is 0. The molecule has 0 spiro atoms. The van der Waals surface area contributed by atoms with E-state index in [1.165, 1.54) is 385 Å². The van der Waals surface area contributed by atoms with Gasteiger partial charge in [-0.1, -0.05) is 411 Å². The molecular weight excluding hydrogens is 1150 g/mol. The quantitative estimate of drug-likeness (QED) is 0.0211. The monoisotopic (exact) mass is 1320 g/mol. The maximum absolute atomic E-state index is 13.0. The van der Waals surface area contributed by atoms with Crippen LogP contribution in [0.3, 0.4) is 0 Å². The van der Waals surface area contributed by atoms with E-state index >= 15 is 0 Å². The van der Waals surface area contributed by atoms with Crippen molar-refractivity contribution in [2.45, 2.75) is 463 Å². The van der Waals surface area contributed by atoms with E-state index in [1.54, 1.807) is 0 Å². The largest absolute Gasteiger partial charge is 0.477 e. The number of likely N-dealkylation sites (N-methyl/N-ethyl adjacent to an activating group) is 1. The third-order valence-corrected chi connectivity index (χ3v) is 19.5. The Bertz CT molecular complexity index is 1530. The summed E-state index contributed by atoms with van der Waals surface area (Å²) in [5.74, 6) is -1.97. The van der Waals surface area contributed by atoms with Crippen molar-refractivity contribution in [1.29, 1.82) is 0 Å². The van der Waals surface area contributed by atoms with Crippen molar-refractivity contribution in [3.63, 3.8) is 0 Å². The van der Waals surface area contributed by atoms with Crippen LogP contribution in [0.15, 0.2) is 12.2 Å². The highest BCUT2D eigenvalue weighted by Crippen LogP contribution is 2.21. The summed E-state index contributed by atoms with van der Waals surface area (Å²) in [5, 5.41) is 9.77. The van der Waals surface area contributed by atoms with Crippen LogP contribution in [0.2, 0.25) is 0 Å². The predicted molar refractivity (Wildman–Crippen MR) is 402 cm³/mol. The molecule has 0 radical (unpaired) electrons. The van der Waals surface area contributed by atoms with Crippen LogP contribution >= 0.6 is 0 Å². The molecule has 0 aromatic heterocycles. The minimum absolute atomic E-state index is 0.174. The lowest BCUT2D eigenvalue weighted by molar-refractivity contribution is -0.870. The van der Waals surface area contributed by atoms with Crippen molar-refractivity contribution in [2.24, 2.45) is 0 Å². The Kier molecular flexibility index (Phi) is 74.2. The Morgan fingerprint density at radius 2 is 0.548 bits per heavy atom. The molecule has 0 aliphatic rings. The number of carbonyl (C=O) groups excluding carboxylic acids is 2. The van der Waals surface area contributed by atoms with Gasteiger partial charge in [0.25, 0.3) is 6.29 Å². The highest BCUT2D eigenvalue weighted by Gasteiger charge is 2.25. The smallest absolute Gasteiger partial charge is 0.361 e. The molecule has 0 heterocycles. The molecular formula is C84H164NO8+. The van der Waals surface area contributed by atoms with Crippen molar-refractivity contribution in [1.82, 2.24) is 0 Å². The number of nitrogens with zero attached hydrogens (tertiary/aromatic N) is 1. The minimum atomic E-state index is -1.51. The van der Waals surface area contributed by atoms with Gasteiger partial charge in [0.05, 0.1) is 34.4 Å². The van der Waals surface area contributed by atoms with Gasteiger partial charge in [0.1, 0.15) is 13.2 Å². The lowest BCUT2D eigenvalue weighted by Gasteiger charge is -2.25. The predicted octanol–water partition coefficient (Wildman–Crippen LogP) is 26.7. The van der Waals surface area contributed by atoms with Gasteiger partial charge >= 0.3 is 17.9 Å². The highest BCUT2D eigenvalue weighted by molar-refractivity contribution is 5.71. The first-order valence-electron chi connectivity index (χ1n) is 41.9. The molecule has 9 heteroatoms. The second-order valence-corrected chi connectivity index (χ2v) is 30.2. The molecule has 0 amide bonds. The molecule has 0 saturated heterocycles. The summed E-state index contributed by atoms with van der Waals surface area (Å²) in [7, 11) is 6.00. The first kappa shape index (κ1) is 91.0. The number of carboxylic acid groups (broad SMARTS) is 1. The summed E-state index contributed by atoms with van der Waals surface area (Å²) >= 11 is 0. The van der Waals surface area contributed by atoms with Gasteiger partial charge in [0.15, 0.2) is 6.10 Å². The Balaban J connectivity index is 3.89. The van der Waals surface area contributed by atoms with Gasteiger partial charge in [0, 0.05) is 12.8 Å². The second-order valence-electron chi connectivity index (χ2n) is 30.2. The molecule has 2 atom stereocenters. The first-order chi connectivity index (χ1) is 45.6. The zero-order chi connectivity index (χ0) is 67.5. The number of unbranched alkanes of at least 4 members (excludes halogenated alkanes) is 63. The van der Waals surface area contributed by atoms with E-state index < -0.39 is 18.4 Å². The number of rotatable bonds is 80. The van der Waals surface area contributed by atoms with E-state index in [0.29, 0.717) is 17.4 Å². The lowest BCUT2D eigenvalue weighted by atomic mass is 10.0. The van der Waals surface area contributed by atoms with E-state index in [9.17, 15) is 19.5 Å². The maximum atomic E-state index is 13.0. The van der Waals surface area contributed by atoms with Crippen LogP contribution in [-0.2, 0) is 33.3 Å². The Morgan fingerprint density at radius 1 is 0.312 bits per heavy atom.